The van der Waals surface area contributed by atoms with Crippen molar-refractivity contribution in [2.24, 2.45) is 0 Å². The molecule has 0 saturated carbocycles. The van der Waals surface area contributed by atoms with E-state index in [0.29, 0.717) is 11.6 Å². The molecule has 0 aliphatic rings. The smallest absolute Gasteiger partial charge is 0.224 e. The van der Waals surface area contributed by atoms with Crippen LogP contribution < -0.4 is 10.5 Å². The van der Waals surface area contributed by atoms with Gasteiger partial charge in [-0.25, -0.2) is 4.98 Å². The first kappa shape index (κ1) is 14.0. The van der Waals surface area contributed by atoms with Crippen LogP contribution in [0.2, 0.25) is 0 Å². The minimum absolute atomic E-state index is 0.200. The Morgan fingerprint density at radius 3 is 2.45 bits per heavy atom. The molecule has 110 valence electrons. The number of anilines is 1. The van der Waals surface area contributed by atoms with Crippen molar-refractivity contribution >= 4 is 5.95 Å². The summed E-state index contributed by atoms with van der Waals surface area (Å²) in [6.45, 7) is 2.01. The zero-order valence-electron chi connectivity index (χ0n) is 12.4. The van der Waals surface area contributed by atoms with Crippen molar-refractivity contribution in [1.82, 2.24) is 15.0 Å². The molecule has 1 heterocycles. The normalized spacial score (nSPS) is 10.5. The number of hydrogen-bond donors (Lipinski definition) is 1. The highest BCUT2D eigenvalue weighted by Crippen LogP contribution is 2.25. The minimum atomic E-state index is 0.200. The summed E-state index contributed by atoms with van der Waals surface area (Å²) in [6, 6.07) is 15.5. The number of nitrogen functional groups attached to an aromatic ring is 1. The Labute approximate surface area is 128 Å². The van der Waals surface area contributed by atoms with Crippen molar-refractivity contribution in [3.8, 4) is 28.5 Å². The quantitative estimate of drug-likeness (QED) is 0.803. The fraction of sp³-hybridized carbons (Fsp3) is 0.118. The van der Waals surface area contributed by atoms with Crippen LogP contribution in [0.4, 0.5) is 5.95 Å². The first-order valence-corrected chi connectivity index (χ1v) is 6.89. The number of aromatic nitrogens is 3. The molecule has 0 aliphatic heterocycles. The number of methoxy groups -OCH3 is 1. The first-order valence-electron chi connectivity index (χ1n) is 6.89. The molecule has 0 radical (unpaired) electrons. The number of rotatable bonds is 3. The zero-order valence-corrected chi connectivity index (χ0v) is 12.4. The Morgan fingerprint density at radius 1 is 0.909 bits per heavy atom. The summed E-state index contributed by atoms with van der Waals surface area (Å²) >= 11 is 0. The summed E-state index contributed by atoms with van der Waals surface area (Å²) in [6.07, 6.45) is 0. The van der Waals surface area contributed by atoms with Crippen LogP contribution in [0.5, 0.6) is 5.75 Å². The fourth-order valence-electron chi connectivity index (χ4n) is 2.23. The Kier molecular flexibility index (Phi) is 3.70. The predicted octanol–water partition coefficient (Wildman–Crippen LogP) is 3.10. The van der Waals surface area contributed by atoms with Crippen molar-refractivity contribution in [3.05, 3.63) is 54.1 Å². The van der Waals surface area contributed by atoms with E-state index in [1.807, 2.05) is 55.5 Å². The van der Waals surface area contributed by atoms with E-state index in [0.717, 1.165) is 22.4 Å². The van der Waals surface area contributed by atoms with Gasteiger partial charge in [-0.2, -0.15) is 9.97 Å². The number of nitrogens with zero attached hydrogens (tertiary/aromatic N) is 3. The second kappa shape index (κ2) is 5.81. The first-order chi connectivity index (χ1) is 10.7. The van der Waals surface area contributed by atoms with E-state index in [1.54, 1.807) is 7.11 Å². The fourth-order valence-corrected chi connectivity index (χ4v) is 2.23. The topological polar surface area (TPSA) is 73.9 Å². The second-order valence-corrected chi connectivity index (χ2v) is 4.89. The number of ether oxygens (including phenoxy) is 1. The van der Waals surface area contributed by atoms with Crippen molar-refractivity contribution in [1.29, 1.82) is 0 Å². The highest BCUT2D eigenvalue weighted by atomic mass is 16.5. The van der Waals surface area contributed by atoms with Crippen molar-refractivity contribution in [2.75, 3.05) is 12.8 Å². The third kappa shape index (κ3) is 2.74. The molecule has 0 spiro atoms. The summed E-state index contributed by atoms with van der Waals surface area (Å²) in [4.78, 5) is 13.0. The molecule has 22 heavy (non-hydrogen) atoms. The average molecular weight is 292 g/mol. The van der Waals surface area contributed by atoms with Gasteiger partial charge in [0.05, 0.1) is 7.11 Å². The molecule has 5 heteroatoms. The molecule has 0 fully saturated rings. The number of benzene rings is 2. The van der Waals surface area contributed by atoms with Gasteiger partial charge >= 0.3 is 0 Å². The molecular weight excluding hydrogens is 276 g/mol. The van der Waals surface area contributed by atoms with E-state index in [1.165, 1.54) is 0 Å². The molecule has 0 unspecified atom stereocenters. The van der Waals surface area contributed by atoms with E-state index in [9.17, 15) is 0 Å². The van der Waals surface area contributed by atoms with Gasteiger partial charge in [0.15, 0.2) is 11.6 Å². The van der Waals surface area contributed by atoms with Crippen LogP contribution in [-0.2, 0) is 0 Å². The van der Waals surface area contributed by atoms with E-state index >= 15 is 0 Å². The van der Waals surface area contributed by atoms with Gasteiger partial charge < -0.3 is 10.5 Å². The van der Waals surface area contributed by atoms with Gasteiger partial charge in [0.1, 0.15) is 5.75 Å². The molecule has 3 aromatic rings. The van der Waals surface area contributed by atoms with Crippen molar-refractivity contribution in [2.45, 2.75) is 6.92 Å². The van der Waals surface area contributed by atoms with Gasteiger partial charge in [-0.3, -0.25) is 0 Å². The highest BCUT2D eigenvalue weighted by Gasteiger charge is 2.10. The highest BCUT2D eigenvalue weighted by molar-refractivity contribution is 5.65. The SMILES string of the molecule is COc1cccc(-c2nc(N)nc(-c3ccccc3C)n2)c1. The Hall–Kier alpha value is -2.95. The third-order valence-electron chi connectivity index (χ3n) is 3.37. The molecule has 0 aliphatic carbocycles. The summed E-state index contributed by atoms with van der Waals surface area (Å²) in [5.41, 5.74) is 8.73. The predicted molar refractivity (Wildman–Crippen MR) is 86.4 cm³/mol. The largest absolute Gasteiger partial charge is 0.497 e. The monoisotopic (exact) mass is 292 g/mol. The van der Waals surface area contributed by atoms with Crippen molar-refractivity contribution in [3.63, 3.8) is 0 Å². The lowest BCUT2D eigenvalue weighted by Gasteiger charge is -2.08. The van der Waals surface area contributed by atoms with Gasteiger partial charge in [-0.1, -0.05) is 36.4 Å². The van der Waals surface area contributed by atoms with Crippen LogP contribution in [-0.4, -0.2) is 22.1 Å². The molecule has 1 aromatic heterocycles. The van der Waals surface area contributed by atoms with Gasteiger partial charge in [0, 0.05) is 11.1 Å². The van der Waals surface area contributed by atoms with E-state index in [4.69, 9.17) is 10.5 Å². The number of aryl methyl sites for hydroxylation is 1. The summed E-state index contributed by atoms with van der Waals surface area (Å²) in [7, 11) is 1.62. The van der Waals surface area contributed by atoms with Crippen LogP contribution >= 0.6 is 0 Å². The number of nitrogens with two attached hydrogens (primary N) is 1. The van der Waals surface area contributed by atoms with E-state index < -0.39 is 0 Å². The summed E-state index contributed by atoms with van der Waals surface area (Å²) in [5.74, 6) is 2.05. The average Bonchev–Trinajstić information content (AvgIpc) is 2.55. The van der Waals surface area contributed by atoms with Crippen molar-refractivity contribution < 1.29 is 4.74 Å². The molecule has 5 nitrogen and oxygen atoms in total. The molecule has 0 saturated heterocycles. The van der Waals surface area contributed by atoms with Crippen LogP contribution in [0.25, 0.3) is 22.8 Å². The number of hydrogen-bond acceptors (Lipinski definition) is 5. The molecule has 3 rings (SSSR count). The summed E-state index contributed by atoms with van der Waals surface area (Å²) < 4.78 is 5.24. The Bertz CT molecular complexity index is 817. The Morgan fingerprint density at radius 2 is 1.68 bits per heavy atom. The van der Waals surface area contributed by atoms with Crippen LogP contribution in [0.3, 0.4) is 0 Å². The zero-order chi connectivity index (χ0) is 15.5. The maximum Gasteiger partial charge on any atom is 0.224 e. The lowest BCUT2D eigenvalue weighted by atomic mass is 10.1. The molecular formula is C17H16N4O. The van der Waals surface area contributed by atoms with Crippen LogP contribution in [0.15, 0.2) is 48.5 Å². The summed E-state index contributed by atoms with van der Waals surface area (Å²) in [5, 5.41) is 0. The van der Waals surface area contributed by atoms with Gasteiger partial charge in [0.2, 0.25) is 5.95 Å². The lowest BCUT2D eigenvalue weighted by molar-refractivity contribution is 0.415. The maximum atomic E-state index is 5.86. The third-order valence-corrected chi connectivity index (χ3v) is 3.37. The maximum absolute atomic E-state index is 5.86. The van der Waals surface area contributed by atoms with Crippen LogP contribution in [0, 0.1) is 6.92 Å². The molecule has 2 aromatic carbocycles. The minimum Gasteiger partial charge on any atom is -0.497 e. The molecule has 0 atom stereocenters. The molecule has 2 N–H and O–H groups in total. The van der Waals surface area contributed by atoms with E-state index in [2.05, 4.69) is 15.0 Å². The van der Waals surface area contributed by atoms with Gasteiger partial charge in [0.25, 0.3) is 0 Å². The molecule has 0 amide bonds. The van der Waals surface area contributed by atoms with E-state index in [-0.39, 0.29) is 5.95 Å². The van der Waals surface area contributed by atoms with Gasteiger partial charge in [-0.05, 0) is 24.6 Å². The Balaban J connectivity index is 2.12. The lowest BCUT2D eigenvalue weighted by Crippen LogP contribution is -2.03. The molecule has 0 bridgehead atoms. The van der Waals surface area contributed by atoms with Gasteiger partial charge in [-0.15, -0.1) is 0 Å². The standard InChI is InChI=1S/C17H16N4O/c1-11-6-3-4-9-14(11)16-19-15(20-17(18)21-16)12-7-5-8-13(10-12)22-2/h3-10H,1-2H3,(H2,18,19,20,21). The second-order valence-electron chi connectivity index (χ2n) is 4.89. The van der Waals surface area contributed by atoms with Crippen LogP contribution in [0.1, 0.15) is 5.56 Å².